The Bertz CT molecular complexity index is 728. The van der Waals surface area contributed by atoms with Gasteiger partial charge in [-0.2, -0.15) is 0 Å². The largest absolute Gasteiger partial charge is 0.378 e. The lowest BCUT2D eigenvalue weighted by molar-refractivity contribution is -0.132. The van der Waals surface area contributed by atoms with Crippen molar-refractivity contribution >= 4 is 52.1 Å². The Balaban J connectivity index is 2.05. The molecule has 2 amide bonds. The summed E-state index contributed by atoms with van der Waals surface area (Å²) in [6.45, 7) is 0. The first kappa shape index (κ1) is 17.1. The Labute approximate surface area is 144 Å². The molecule has 0 saturated heterocycles. The van der Waals surface area contributed by atoms with Gasteiger partial charge in [-0.25, -0.2) is 0 Å². The summed E-state index contributed by atoms with van der Waals surface area (Å²) in [5.41, 5.74) is 1.79. The predicted molar refractivity (Wildman–Crippen MR) is 94.5 cm³/mol. The van der Waals surface area contributed by atoms with Crippen LogP contribution in [0.25, 0.3) is 0 Å². The molecule has 0 aliphatic carbocycles. The summed E-state index contributed by atoms with van der Waals surface area (Å²) in [7, 11) is 3.77. The third-order valence-corrected chi connectivity index (χ3v) is 3.38. The van der Waals surface area contributed by atoms with E-state index >= 15 is 0 Å². The third kappa shape index (κ3) is 4.87. The minimum Gasteiger partial charge on any atom is -0.378 e. The lowest BCUT2D eigenvalue weighted by atomic mass is 10.2. The Morgan fingerprint density at radius 3 is 2.00 bits per heavy atom. The summed E-state index contributed by atoms with van der Waals surface area (Å²) >= 11 is 11.7. The minimum absolute atomic E-state index is 0.352. The Hall–Kier alpha value is -2.24. The van der Waals surface area contributed by atoms with E-state index in [2.05, 4.69) is 10.6 Å². The van der Waals surface area contributed by atoms with Crippen molar-refractivity contribution in [2.24, 2.45) is 0 Å². The average Bonchev–Trinajstić information content (AvgIpc) is 2.46. The molecule has 23 heavy (non-hydrogen) atoms. The van der Waals surface area contributed by atoms with Gasteiger partial charge < -0.3 is 15.5 Å². The second kappa shape index (κ2) is 7.35. The highest BCUT2D eigenvalue weighted by molar-refractivity contribution is 6.44. The van der Waals surface area contributed by atoms with E-state index in [0.29, 0.717) is 21.4 Å². The van der Waals surface area contributed by atoms with Gasteiger partial charge in [0.25, 0.3) is 0 Å². The Morgan fingerprint density at radius 2 is 1.43 bits per heavy atom. The average molecular weight is 352 g/mol. The van der Waals surface area contributed by atoms with Crippen molar-refractivity contribution in [1.29, 1.82) is 0 Å². The minimum atomic E-state index is -0.807. The second-order valence-electron chi connectivity index (χ2n) is 5.01. The molecule has 0 spiro atoms. The summed E-state index contributed by atoms with van der Waals surface area (Å²) in [5.74, 6) is -1.59. The van der Waals surface area contributed by atoms with Crippen molar-refractivity contribution in [3.8, 4) is 0 Å². The molecule has 2 aromatic rings. The van der Waals surface area contributed by atoms with Crippen LogP contribution in [-0.2, 0) is 9.59 Å². The highest BCUT2D eigenvalue weighted by Crippen LogP contribution is 2.22. The molecular formula is C16H15Cl2N3O2. The zero-order valence-electron chi connectivity index (χ0n) is 12.6. The first-order valence-electron chi connectivity index (χ1n) is 6.71. The van der Waals surface area contributed by atoms with Crippen molar-refractivity contribution in [3.63, 3.8) is 0 Å². The van der Waals surface area contributed by atoms with Gasteiger partial charge in [0.05, 0.1) is 0 Å². The van der Waals surface area contributed by atoms with Gasteiger partial charge in [-0.15, -0.1) is 0 Å². The number of nitrogens with one attached hydrogen (secondary N) is 2. The van der Waals surface area contributed by atoms with E-state index in [1.807, 2.05) is 25.1 Å². The van der Waals surface area contributed by atoms with Crippen LogP contribution in [0.5, 0.6) is 0 Å². The number of rotatable bonds is 3. The zero-order valence-corrected chi connectivity index (χ0v) is 14.1. The molecule has 120 valence electrons. The maximum atomic E-state index is 12.0. The molecule has 0 fully saturated rings. The molecule has 2 N–H and O–H groups in total. The monoisotopic (exact) mass is 351 g/mol. The van der Waals surface area contributed by atoms with Gasteiger partial charge >= 0.3 is 11.8 Å². The van der Waals surface area contributed by atoms with E-state index in [1.165, 1.54) is 18.2 Å². The van der Waals surface area contributed by atoms with E-state index < -0.39 is 11.8 Å². The van der Waals surface area contributed by atoms with Crippen LogP contribution in [0, 0.1) is 0 Å². The summed E-state index contributed by atoms with van der Waals surface area (Å²) in [6, 6.07) is 11.7. The van der Waals surface area contributed by atoms with Gasteiger partial charge in [0, 0.05) is 41.2 Å². The summed E-state index contributed by atoms with van der Waals surface area (Å²) in [4.78, 5) is 25.8. The highest BCUT2D eigenvalue weighted by atomic mass is 35.5. The van der Waals surface area contributed by atoms with E-state index in [9.17, 15) is 9.59 Å². The number of carbonyl (C=O) groups excluding carboxylic acids is 2. The van der Waals surface area contributed by atoms with Crippen molar-refractivity contribution in [3.05, 3.63) is 52.5 Å². The molecule has 0 aliphatic rings. The highest BCUT2D eigenvalue weighted by Gasteiger charge is 2.15. The van der Waals surface area contributed by atoms with Crippen LogP contribution in [0.4, 0.5) is 17.1 Å². The first-order chi connectivity index (χ1) is 10.8. The van der Waals surface area contributed by atoms with Crippen molar-refractivity contribution in [2.45, 2.75) is 0 Å². The first-order valence-corrected chi connectivity index (χ1v) is 7.46. The molecular weight excluding hydrogens is 337 g/mol. The molecule has 0 heterocycles. The fraction of sp³-hybridized carbons (Fsp3) is 0.125. The SMILES string of the molecule is CN(C)c1cccc(NC(=O)C(=O)Nc2cc(Cl)cc(Cl)c2)c1. The molecule has 0 atom stereocenters. The summed E-state index contributed by atoms with van der Waals surface area (Å²) in [5, 5.41) is 5.73. The van der Waals surface area contributed by atoms with Crippen LogP contribution in [0.3, 0.4) is 0 Å². The zero-order chi connectivity index (χ0) is 17.0. The summed E-state index contributed by atoms with van der Waals surface area (Å²) < 4.78 is 0. The fourth-order valence-corrected chi connectivity index (χ4v) is 2.39. The summed E-state index contributed by atoms with van der Waals surface area (Å²) in [6.07, 6.45) is 0. The normalized spacial score (nSPS) is 10.1. The van der Waals surface area contributed by atoms with Crippen LogP contribution in [0.1, 0.15) is 0 Å². The molecule has 7 heteroatoms. The number of carbonyl (C=O) groups is 2. The number of anilines is 3. The molecule has 0 aromatic heterocycles. The molecule has 5 nitrogen and oxygen atoms in total. The maximum Gasteiger partial charge on any atom is 0.314 e. The Kier molecular flexibility index (Phi) is 5.47. The number of halogens is 2. The predicted octanol–water partition coefficient (Wildman–Crippen LogP) is 3.64. The van der Waals surface area contributed by atoms with Crippen LogP contribution in [0.2, 0.25) is 10.0 Å². The topological polar surface area (TPSA) is 61.4 Å². The molecule has 2 rings (SSSR count). The Morgan fingerprint density at radius 1 is 0.870 bits per heavy atom. The van der Waals surface area contributed by atoms with Crippen LogP contribution < -0.4 is 15.5 Å². The lowest BCUT2D eigenvalue weighted by Gasteiger charge is -2.14. The lowest BCUT2D eigenvalue weighted by Crippen LogP contribution is -2.29. The maximum absolute atomic E-state index is 12.0. The van der Waals surface area contributed by atoms with Crippen molar-refractivity contribution in [2.75, 3.05) is 29.6 Å². The van der Waals surface area contributed by atoms with Gasteiger partial charge in [0.2, 0.25) is 0 Å². The number of benzene rings is 2. The third-order valence-electron chi connectivity index (χ3n) is 2.95. The van der Waals surface area contributed by atoms with Crippen LogP contribution >= 0.6 is 23.2 Å². The van der Waals surface area contributed by atoms with Crippen molar-refractivity contribution in [1.82, 2.24) is 0 Å². The molecule has 0 aliphatic heterocycles. The molecule has 0 saturated carbocycles. The van der Waals surface area contributed by atoms with Gasteiger partial charge in [0.1, 0.15) is 0 Å². The molecule has 0 bridgehead atoms. The quantitative estimate of drug-likeness (QED) is 0.830. The molecule has 2 aromatic carbocycles. The van der Waals surface area contributed by atoms with Gasteiger partial charge in [-0.05, 0) is 36.4 Å². The van der Waals surface area contributed by atoms with E-state index in [-0.39, 0.29) is 0 Å². The second-order valence-corrected chi connectivity index (χ2v) is 5.88. The van der Waals surface area contributed by atoms with E-state index in [4.69, 9.17) is 23.2 Å². The number of hydrogen-bond donors (Lipinski definition) is 2. The van der Waals surface area contributed by atoms with Crippen LogP contribution in [-0.4, -0.2) is 25.9 Å². The number of nitrogens with zero attached hydrogens (tertiary/aromatic N) is 1. The molecule has 0 unspecified atom stereocenters. The number of amides is 2. The van der Waals surface area contributed by atoms with Gasteiger partial charge in [0.15, 0.2) is 0 Å². The molecule has 0 radical (unpaired) electrons. The van der Waals surface area contributed by atoms with E-state index in [1.54, 1.807) is 18.2 Å². The van der Waals surface area contributed by atoms with Gasteiger partial charge in [-0.1, -0.05) is 29.3 Å². The standard InChI is InChI=1S/C16H15Cl2N3O2/c1-21(2)14-5-3-4-12(9-14)19-15(22)16(23)20-13-7-10(17)6-11(18)8-13/h3-9H,1-2H3,(H,19,22)(H,20,23). The van der Waals surface area contributed by atoms with Gasteiger partial charge in [-0.3, -0.25) is 9.59 Å². The van der Waals surface area contributed by atoms with Crippen LogP contribution in [0.15, 0.2) is 42.5 Å². The van der Waals surface area contributed by atoms with E-state index in [0.717, 1.165) is 5.69 Å². The number of hydrogen-bond acceptors (Lipinski definition) is 3. The fourth-order valence-electron chi connectivity index (χ4n) is 1.86. The van der Waals surface area contributed by atoms with Crippen molar-refractivity contribution < 1.29 is 9.59 Å². The smallest absolute Gasteiger partial charge is 0.314 e.